The van der Waals surface area contributed by atoms with Crippen molar-refractivity contribution in [1.82, 2.24) is 0 Å². The number of benzene rings is 2. The van der Waals surface area contributed by atoms with Crippen LogP contribution in [0, 0.1) is 11.8 Å². The van der Waals surface area contributed by atoms with Crippen LogP contribution in [0.2, 0.25) is 0 Å². The van der Waals surface area contributed by atoms with Gasteiger partial charge < -0.3 is 9.84 Å². The molecule has 5 nitrogen and oxygen atoms in total. The lowest BCUT2D eigenvalue weighted by Gasteiger charge is -2.38. The summed E-state index contributed by atoms with van der Waals surface area (Å²) in [7, 11) is 0. The van der Waals surface area contributed by atoms with E-state index in [-0.39, 0.29) is 30.4 Å². The maximum absolute atomic E-state index is 12.8. The molecule has 1 aliphatic heterocycles. The number of hydrogen-bond donors (Lipinski definition) is 1. The van der Waals surface area contributed by atoms with Gasteiger partial charge >= 0.3 is 5.97 Å². The Labute approximate surface area is 185 Å². The second-order valence-corrected chi connectivity index (χ2v) is 8.85. The molecule has 0 bridgehead atoms. The molecule has 0 saturated carbocycles. The summed E-state index contributed by atoms with van der Waals surface area (Å²) in [5.41, 5.74) is 2.54. The molecular weight excluding hydrogens is 446 g/mol. The average Bonchev–Trinajstić information content (AvgIpc) is 2.67. The number of rotatable bonds is 6. The highest BCUT2D eigenvalue weighted by atomic mass is 79.9. The van der Waals surface area contributed by atoms with Crippen LogP contribution in [-0.4, -0.2) is 23.7 Å². The molecule has 2 aromatic rings. The zero-order chi connectivity index (χ0) is 21.9. The lowest BCUT2D eigenvalue weighted by molar-refractivity contribution is -0.137. The number of fused-ring (bicyclic) bond motifs is 1. The lowest BCUT2D eigenvalue weighted by Crippen LogP contribution is -2.43. The fourth-order valence-corrected chi connectivity index (χ4v) is 4.03. The van der Waals surface area contributed by atoms with Crippen LogP contribution in [0.5, 0.6) is 5.75 Å². The van der Waals surface area contributed by atoms with Gasteiger partial charge in [0.05, 0.1) is 18.0 Å². The molecule has 0 saturated heterocycles. The predicted molar refractivity (Wildman–Crippen MR) is 120 cm³/mol. The molecule has 2 aromatic carbocycles. The van der Waals surface area contributed by atoms with E-state index in [1.165, 1.54) is 0 Å². The molecule has 6 heteroatoms. The summed E-state index contributed by atoms with van der Waals surface area (Å²) in [6, 6.07) is 13.1. The van der Waals surface area contributed by atoms with E-state index in [2.05, 4.69) is 47.7 Å². The van der Waals surface area contributed by atoms with Gasteiger partial charge in [0.1, 0.15) is 5.75 Å². The number of nitrogens with zero attached hydrogens (tertiary/aromatic N) is 1. The Morgan fingerprint density at radius 1 is 1.27 bits per heavy atom. The van der Waals surface area contributed by atoms with Crippen LogP contribution in [0.15, 0.2) is 46.9 Å². The zero-order valence-corrected chi connectivity index (χ0v) is 18.8. The van der Waals surface area contributed by atoms with Crippen LogP contribution in [0.4, 0.5) is 5.69 Å². The zero-order valence-electron chi connectivity index (χ0n) is 17.2. The van der Waals surface area contributed by atoms with Crippen molar-refractivity contribution in [1.29, 1.82) is 0 Å². The fourth-order valence-electron chi connectivity index (χ4n) is 3.67. The van der Waals surface area contributed by atoms with Gasteiger partial charge in [-0.15, -0.1) is 5.92 Å². The van der Waals surface area contributed by atoms with Gasteiger partial charge in [-0.2, -0.15) is 0 Å². The van der Waals surface area contributed by atoms with Crippen LogP contribution in [0.1, 0.15) is 50.7 Å². The minimum absolute atomic E-state index is 0.0196. The van der Waals surface area contributed by atoms with E-state index >= 15 is 0 Å². The first-order valence-electron chi connectivity index (χ1n) is 9.68. The van der Waals surface area contributed by atoms with E-state index in [4.69, 9.17) is 9.84 Å². The minimum Gasteiger partial charge on any atom is -0.481 e. The average molecular weight is 470 g/mol. The Morgan fingerprint density at radius 2 is 1.97 bits per heavy atom. The summed E-state index contributed by atoms with van der Waals surface area (Å²) >= 11 is 3.52. The molecule has 3 rings (SSSR count). The molecule has 0 radical (unpaired) electrons. The van der Waals surface area contributed by atoms with Crippen LogP contribution < -0.4 is 9.64 Å². The van der Waals surface area contributed by atoms with Crippen molar-refractivity contribution in [3.8, 4) is 17.6 Å². The highest BCUT2D eigenvalue weighted by Crippen LogP contribution is 2.41. The van der Waals surface area contributed by atoms with Gasteiger partial charge in [0.25, 0.3) is 0 Å². The summed E-state index contributed by atoms with van der Waals surface area (Å²) in [5, 5.41) is 9.08. The highest BCUT2D eigenvalue weighted by Gasteiger charge is 2.37. The van der Waals surface area contributed by atoms with E-state index in [1.807, 2.05) is 24.3 Å². The number of carboxylic acids is 1. The van der Waals surface area contributed by atoms with Crippen molar-refractivity contribution < 1.29 is 19.4 Å². The molecule has 0 fully saturated rings. The summed E-state index contributed by atoms with van der Waals surface area (Å²) in [6.07, 6.45) is 0.358. The van der Waals surface area contributed by atoms with Crippen LogP contribution in [0.3, 0.4) is 0 Å². The van der Waals surface area contributed by atoms with E-state index in [0.717, 1.165) is 21.3 Å². The Morgan fingerprint density at radius 3 is 2.60 bits per heavy atom. The van der Waals surface area contributed by atoms with Crippen LogP contribution in [-0.2, 0) is 15.0 Å². The third-order valence-corrected chi connectivity index (χ3v) is 5.71. The molecule has 1 aliphatic rings. The Balaban J connectivity index is 1.76. The Hall–Kier alpha value is -2.78. The highest BCUT2D eigenvalue weighted by molar-refractivity contribution is 9.10. The maximum Gasteiger partial charge on any atom is 0.304 e. The first kappa shape index (κ1) is 21.9. The topological polar surface area (TPSA) is 66.8 Å². The van der Waals surface area contributed by atoms with Gasteiger partial charge in [0.15, 0.2) is 6.73 Å². The summed E-state index contributed by atoms with van der Waals surface area (Å²) in [6.45, 7) is 5.94. The largest absolute Gasteiger partial charge is 0.481 e. The quantitative estimate of drug-likeness (QED) is 0.598. The minimum atomic E-state index is -0.889. The van der Waals surface area contributed by atoms with E-state index in [0.29, 0.717) is 12.2 Å². The van der Waals surface area contributed by atoms with Crippen molar-refractivity contribution in [2.75, 3.05) is 11.6 Å². The second-order valence-electron chi connectivity index (χ2n) is 7.93. The van der Waals surface area contributed by atoms with Crippen LogP contribution in [0.25, 0.3) is 0 Å². The SMILES string of the molecule is CC#CC(CC(=O)O)c1ccc(OCN2C(=O)CC(C)(C)c3cc(Br)ccc32)cc1. The Kier molecular flexibility index (Phi) is 6.52. The smallest absolute Gasteiger partial charge is 0.304 e. The number of anilines is 1. The number of carboxylic acid groups (broad SMARTS) is 1. The standard InChI is InChI=1S/C24H24BrNO4/c1-4-5-17(12-23(28)29)16-6-9-19(10-7-16)30-15-26-21-11-8-18(25)13-20(21)24(2,3)14-22(26)27/h6-11,13,17H,12,14-15H2,1-3H3,(H,28,29). The van der Waals surface area contributed by atoms with Gasteiger partial charge in [-0.3, -0.25) is 14.5 Å². The second kappa shape index (κ2) is 8.93. The molecule has 1 N–H and O–H groups in total. The summed E-state index contributed by atoms with van der Waals surface area (Å²) < 4.78 is 6.87. The number of aliphatic carboxylic acids is 1. The third-order valence-electron chi connectivity index (χ3n) is 5.21. The summed E-state index contributed by atoms with van der Waals surface area (Å²) in [4.78, 5) is 25.5. The molecular formula is C24H24BrNO4. The fraction of sp³-hybridized carbons (Fsp3) is 0.333. The van der Waals surface area contributed by atoms with E-state index in [1.54, 1.807) is 24.0 Å². The maximum atomic E-state index is 12.8. The van der Waals surface area contributed by atoms with Gasteiger partial charge in [-0.05, 0) is 48.4 Å². The van der Waals surface area contributed by atoms with E-state index < -0.39 is 5.97 Å². The van der Waals surface area contributed by atoms with Crippen molar-refractivity contribution in [2.45, 2.75) is 44.9 Å². The molecule has 1 heterocycles. The number of ether oxygens (including phenoxy) is 1. The number of carbonyl (C=O) groups excluding carboxylic acids is 1. The number of carbonyl (C=O) groups is 2. The van der Waals surface area contributed by atoms with E-state index in [9.17, 15) is 9.59 Å². The van der Waals surface area contributed by atoms with Gasteiger partial charge in [0.2, 0.25) is 5.91 Å². The van der Waals surface area contributed by atoms with Gasteiger partial charge in [0, 0.05) is 16.3 Å². The lowest BCUT2D eigenvalue weighted by atomic mass is 9.77. The molecule has 1 atom stereocenters. The number of halogens is 1. The number of amides is 1. The van der Waals surface area contributed by atoms with Crippen LogP contribution >= 0.6 is 15.9 Å². The molecule has 30 heavy (non-hydrogen) atoms. The van der Waals surface area contributed by atoms with Gasteiger partial charge in [-0.1, -0.05) is 47.8 Å². The molecule has 156 valence electrons. The van der Waals surface area contributed by atoms with Crippen molar-refractivity contribution in [3.05, 3.63) is 58.1 Å². The van der Waals surface area contributed by atoms with Crippen molar-refractivity contribution >= 4 is 33.5 Å². The normalized spacial score (nSPS) is 15.6. The Bertz CT molecular complexity index is 1020. The predicted octanol–water partition coefficient (Wildman–Crippen LogP) is 5.08. The third kappa shape index (κ3) is 4.85. The molecule has 0 aliphatic carbocycles. The molecule has 1 amide bonds. The van der Waals surface area contributed by atoms with Gasteiger partial charge in [-0.25, -0.2) is 0 Å². The monoisotopic (exact) mass is 469 g/mol. The molecule has 1 unspecified atom stereocenters. The molecule has 0 spiro atoms. The van der Waals surface area contributed by atoms with Crippen molar-refractivity contribution in [3.63, 3.8) is 0 Å². The van der Waals surface area contributed by atoms with Crippen molar-refractivity contribution in [2.24, 2.45) is 0 Å². The number of hydrogen-bond acceptors (Lipinski definition) is 3. The molecule has 0 aromatic heterocycles. The first-order valence-corrected chi connectivity index (χ1v) is 10.5. The first-order chi connectivity index (χ1) is 14.2. The summed E-state index contributed by atoms with van der Waals surface area (Å²) in [5.74, 6) is 5.09.